The molecule has 0 rings (SSSR count). The Bertz CT molecular complexity index is 146. The molecule has 0 saturated heterocycles. The Kier molecular flexibility index (Phi) is 6.24. The van der Waals surface area contributed by atoms with Crippen molar-refractivity contribution < 1.29 is 0 Å². The molecule has 0 aliphatic rings. The van der Waals surface area contributed by atoms with E-state index < -0.39 is 8.07 Å². The minimum Gasteiger partial charge on any atom is -0.103 e. The van der Waals surface area contributed by atoms with Crippen molar-refractivity contribution in [3.63, 3.8) is 0 Å². The highest BCUT2D eigenvalue weighted by Crippen LogP contribution is 2.27. The zero-order valence-electron chi connectivity index (χ0n) is 8.47. The van der Waals surface area contributed by atoms with Crippen molar-refractivity contribution in [3.8, 4) is 0 Å². The van der Waals surface area contributed by atoms with Crippen LogP contribution >= 0.6 is 0 Å². The average molecular weight is 194 g/mol. The first kappa shape index (κ1) is 12.2. The van der Waals surface area contributed by atoms with E-state index in [4.69, 9.17) is 0 Å². The molecular weight excluding hydrogens is 174 g/mol. The van der Waals surface area contributed by atoms with Crippen LogP contribution in [0.5, 0.6) is 0 Å². The van der Waals surface area contributed by atoms with E-state index in [1.165, 1.54) is 0 Å². The summed E-state index contributed by atoms with van der Waals surface area (Å²) in [6.45, 7) is 15.3. The van der Waals surface area contributed by atoms with Crippen molar-refractivity contribution >= 4 is 8.07 Å². The molecule has 0 aromatic rings. The molecule has 0 unspecified atom stereocenters. The largest absolute Gasteiger partial charge is 0.103 e. The van der Waals surface area contributed by atoms with Gasteiger partial charge in [-0.15, -0.1) is 26.3 Å². The summed E-state index contributed by atoms with van der Waals surface area (Å²) in [5.74, 6) is 0. The normalized spacial score (nSPS) is 10.5. The van der Waals surface area contributed by atoms with Gasteiger partial charge < -0.3 is 0 Å². The molecule has 0 aromatic carbocycles. The molecule has 0 aromatic heterocycles. The SMILES string of the molecule is C=CC[Si](CC=C)(CC=C)[14CH2]C=C. The van der Waals surface area contributed by atoms with Gasteiger partial charge in [0.2, 0.25) is 0 Å². The van der Waals surface area contributed by atoms with Crippen LogP contribution in [0.2, 0.25) is 24.2 Å². The van der Waals surface area contributed by atoms with Crippen LogP contribution in [0, 0.1) is 0 Å². The van der Waals surface area contributed by atoms with Crippen LogP contribution in [0.25, 0.3) is 0 Å². The molecule has 0 saturated carbocycles. The summed E-state index contributed by atoms with van der Waals surface area (Å²) in [7, 11) is -1.27. The van der Waals surface area contributed by atoms with Gasteiger partial charge in [-0.05, 0) is 24.2 Å². The predicted molar refractivity (Wildman–Crippen MR) is 65.8 cm³/mol. The van der Waals surface area contributed by atoms with Gasteiger partial charge in [0, 0.05) is 0 Å². The highest BCUT2D eigenvalue weighted by atomic mass is 28.3. The topological polar surface area (TPSA) is 0 Å². The molecule has 1 heteroatoms. The molecule has 13 heavy (non-hydrogen) atoms. The van der Waals surface area contributed by atoms with Gasteiger partial charge in [0.15, 0.2) is 0 Å². The van der Waals surface area contributed by atoms with Crippen LogP contribution in [0.3, 0.4) is 0 Å². The Labute approximate surface area is 83.4 Å². The Balaban J connectivity index is 4.53. The summed E-state index contributed by atoms with van der Waals surface area (Å²) < 4.78 is 0. The fourth-order valence-electron chi connectivity index (χ4n) is 1.72. The number of hydrogen-bond donors (Lipinski definition) is 0. The number of allylic oxidation sites excluding steroid dienone is 4. The summed E-state index contributed by atoms with van der Waals surface area (Å²) in [5, 5.41) is 0. The third-order valence-electron chi connectivity index (χ3n) is 2.31. The van der Waals surface area contributed by atoms with Crippen LogP contribution in [0.1, 0.15) is 0 Å². The van der Waals surface area contributed by atoms with Gasteiger partial charge in [0.05, 0.1) is 8.07 Å². The van der Waals surface area contributed by atoms with E-state index in [1.807, 2.05) is 24.3 Å². The lowest BCUT2D eigenvalue weighted by molar-refractivity contribution is 1.30. The van der Waals surface area contributed by atoms with E-state index in [-0.39, 0.29) is 0 Å². The average Bonchev–Trinajstić information content (AvgIpc) is 2.06. The standard InChI is InChI=1S/C12H20Si/c1-5-9-13(10-6-2,11-7-3)12-8-4/h5-8H,1-4,9-12H2/i9+2. The van der Waals surface area contributed by atoms with Gasteiger partial charge in [-0.25, -0.2) is 0 Å². The summed E-state index contributed by atoms with van der Waals surface area (Å²) in [6, 6.07) is 4.54. The second kappa shape index (κ2) is 6.67. The molecule has 0 bridgehead atoms. The van der Waals surface area contributed by atoms with Crippen molar-refractivity contribution in [2.24, 2.45) is 0 Å². The van der Waals surface area contributed by atoms with Crippen LogP contribution in [-0.2, 0) is 0 Å². The third-order valence-corrected chi connectivity index (χ3v) is 6.93. The van der Waals surface area contributed by atoms with E-state index in [2.05, 4.69) is 26.3 Å². The minimum atomic E-state index is -1.27. The quantitative estimate of drug-likeness (QED) is 0.402. The van der Waals surface area contributed by atoms with Gasteiger partial charge in [0.25, 0.3) is 0 Å². The van der Waals surface area contributed by atoms with Gasteiger partial charge in [-0.3, -0.25) is 0 Å². The molecular formula is C12H20Si. The fourth-order valence-corrected chi connectivity index (χ4v) is 5.17. The van der Waals surface area contributed by atoms with Gasteiger partial charge in [0.1, 0.15) is 0 Å². The molecule has 0 atom stereocenters. The molecule has 0 heterocycles. The summed E-state index contributed by atoms with van der Waals surface area (Å²) in [4.78, 5) is 0. The van der Waals surface area contributed by atoms with E-state index in [0.29, 0.717) is 0 Å². The van der Waals surface area contributed by atoms with Gasteiger partial charge >= 0.3 is 0 Å². The maximum atomic E-state index is 3.82. The smallest absolute Gasteiger partial charge is 0.0685 e. The zero-order chi connectivity index (χ0) is 10.2. The fraction of sp³-hybridized carbons (Fsp3) is 0.333. The Morgan fingerprint density at radius 3 is 1.46 bits per heavy atom. The van der Waals surface area contributed by atoms with E-state index in [9.17, 15) is 0 Å². The maximum absolute atomic E-state index is 3.82. The second-order valence-corrected chi connectivity index (χ2v) is 8.10. The predicted octanol–water partition coefficient (Wildman–Crippen LogP) is 4.18. The van der Waals surface area contributed by atoms with Crippen LogP contribution in [-0.4, -0.2) is 8.07 Å². The molecule has 0 amide bonds. The zero-order valence-corrected chi connectivity index (χ0v) is 9.47. The first-order chi connectivity index (χ1) is 6.24. The van der Waals surface area contributed by atoms with E-state index in [1.54, 1.807) is 0 Å². The molecule has 0 nitrogen and oxygen atoms in total. The minimum absolute atomic E-state index is 1.14. The molecule has 0 aliphatic heterocycles. The van der Waals surface area contributed by atoms with Crippen molar-refractivity contribution in [1.29, 1.82) is 0 Å². The van der Waals surface area contributed by atoms with E-state index >= 15 is 0 Å². The summed E-state index contributed by atoms with van der Waals surface area (Å²) >= 11 is 0. The first-order valence-corrected chi connectivity index (χ1v) is 7.51. The molecule has 0 spiro atoms. The molecule has 0 N–H and O–H groups in total. The Morgan fingerprint density at radius 2 is 1.23 bits per heavy atom. The van der Waals surface area contributed by atoms with Gasteiger partial charge in [-0.2, -0.15) is 0 Å². The lowest BCUT2D eigenvalue weighted by atomic mass is 10.7. The number of rotatable bonds is 8. The lowest BCUT2D eigenvalue weighted by Gasteiger charge is -2.27. The number of hydrogen-bond acceptors (Lipinski definition) is 0. The van der Waals surface area contributed by atoms with Crippen LogP contribution < -0.4 is 0 Å². The van der Waals surface area contributed by atoms with Gasteiger partial charge in [-0.1, -0.05) is 24.3 Å². The maximum Gasteiger partial charge on any atom is 0.0685 e. The monoisotopic (exact) mass is 194 g/mol. The lowest BCUT2D eigenvalue weighted by Crippen LogP contribution is -2.30. The Hall–Kier alpha value is -0.823. The molecule has 0 radical (unpaired) electrons. The highest BCUT2D eigenvalue weighted by molar-refractivity contribution is 6.81. The molecule has 0 fully saturated rings. The highest BCUT2D eigenvalue weighted by Gasteiger charge is 2.26. The van der Waals surface area contributed by atoms with Crippen molar-refractivity contribution in [3.05, 3.63) is 50.6 Å². The summed E-state index contributed by atoms with van der Waals surface area (Å²) in [5.41, 5.74) is 0. The van der Waals surface area contributed by atoms with Crippen LogP contribution in [0.15, 0.2) is 50.6 Å². The van der Waals surface area contributed by atoms with Crippen molar-refractivity contribution in [1.82, 2.24) is 0 Å². The Morgan fingerprint density at radius 1 is 0.846 bits per heavy atom. The molecule has 72 valence electrons. The van der Waals surface area contributed by atoms with Crippen LogP contribution in [0.4, 0.5) is 0 Å². The van der Waals surface area contributed by atoms with Crippen molar-refractivity contribution in [2.75, 3.05) is 0 Å². The first-order valence-electron chi connectivity index (χ1n) is 4.68. The molecule has 0 aliphatic carbocycles. The third kappa shape index (κ3) is 4.09. The second-order valence-electron chi connectivity index (χ2n) is 3.47. The van der Waals surface area contributed by atoms with E-state index in [0.717, 1.165) is 24.2 Å². The summed E-state index contributed by atoms with van der Waals surface area (Å²) in [6.07, 6.45) is 8.12. The van der Waals surface area contributed by atoms with Crippen molar-refractivity contribution in [2.45, 2.75) is 24.2 Å².